The zero-order valence-electron chi connectivity index (χ0n) is 15.3. The van der Waals surface area contributed by atoms with Crippen LogP contribution in [0.3, 0.4) is 0 Å². The minimum Gasteiger partial charge on any atom is -0.397 e. The molecule has 1 aliphatic carbocycles. The van der Waals surface area contributed by atoms with Gasteiger partial charge in [0, 0.05) is 30.6 Å². The third kappa shape index (κ3) is 2.85. The molecule has 1 heterocycles. The van der Waals surface area contributed by atoms with Gasteiger partial charge in [0.25, 0.3) is 0 Å². The van der Waals surface area contributed by atoms with Crippen molar-refractivity contribution >= 4 is 22.1 Å². The molecule has 4 heteroatoms. The predicted molar refractivity (Wildman–Crippen MR) is 109 cm³/mol. The number of nitrogen functional groups attached to an aromatic ring is 1. The molecule has 1 saturated heterocycles. The van der Waals surface area contributed by atoms with Gasteiger partial charge in [0.1, 0.15) is 5.82 Å². The Morgan fingerprint density at radius 2 is 1.78 bits per heavy atom. The third-order valence-corrected chi connectivity index (χ3v) is 6.17. The number of rotatable bonds is 3. The summed E-state index contributed by atoms with van der Waals surface area (Å²) in [6, 6.07) is 18.4. The van der Waals surface area contributed by atoms with Gasteiger partial charge in [-0.1, -0.05) is 36.4 Å². The van der Waals surface area contributed by atoms with E-state index in [9.17, 15) is 4.39 Å². The summed E-state index contributed by atoms with van der Waals surface area (Å²) in [6.07, 6.45) is 3.16. The van der Waals surface area contributed by atoms with Crippen LogP contribution in [0.4, 0.5) is 15.8 Å². The normalized spacial score (nSPS) is 20.3. The number of halogens is 1. The Labute approximate surface area is 159 Å². The highest BCUT2D eigenvalue weighted by Crippen LogP contribution is 2.41. The number of hydrogen-bond acceptors (Lipinski definition) is 3. The zero-order valence-corrected chi connectivity index (χ0v) is 15.3. The van der Waals surface area contributed by atoms with E-state index in [1.165, 1.54) is 11.1 Å². The maximum atomic E-state index is 14.2. The third-order valence-electron chi connectivity index (χ3n) is 6.17. The lowest BCUT2D eigenvalue weighted by atomic mass is 9.99. The molecular weight excluding hydrogens is 337 g/mol. The van der Waals surface area contributed by atoms with E-state index in [0.717, 1.165) is 54.5 Å². The first-order chi connectivity index (χ1) is 13.2. The molecule has 1 fully saturated rings. The van der Waals surface area contributed by atoms with Gasteiger partial charge in [-0.15, -0.1) is 0 Å². The largest absolute Gasteiger partial charge is 0.397 e. The number of likely N-dealkylation sites (tertiary alicyclic amines) is 1. The van der Waals surface area contributed by atoms with E-state index in [1.807, 2.05) is 42.5 Å². The molecule has 1 aliphatic heterocycles. The van der Waals surface area contributed by atoms with Crippen LogP contribution in [0.2, 0.25) is 0 Å². The summed E-state index contributed by atoms with van der Waals surface area (Å²) in [6.45, 7) is 2.09. The van der Waals surface area contributed by atoms with E-state index >= 15 is 0 Å². The van der Waals surface area contributed by atoms with Gasteiger partial charge in [-0.3, -0.25) is 4.90 Å². The molecule has 0 radical (unpaired) electrons. The fourth-order valence-corrected chi connectivity index (χ4v) is 4.77. The molecule has 0 spiro atoms. The highest BCUT2D eigenvalue weighted by atomic mass is 19.1. The Balaban J connectivity index is 1.32. The van der Waals surface area contributed by atoms with Gasteiger partial charge in [0.2, 0.25) is 0 Å². The number of nitrogens with one attached hydrogen (secondary N) is 1. The number of benzene rings is 3. The molecule has 0 aromatic heterocycles. The SMILES string of the molecule is Nc1ccccc1NC1CCN(C2Cc3ccc(F)c4cccc2c34)CC1. The first-order valence-electron chi connectivity index (χ1n) is 9.76. The smallest absolute Gasteiger partial charge is 0.131 e. The fourth-order valence-electron chi connectivity index (χ4n) is 4.77. The quantitative estimate of drug-likeness (QED) is 0.663. The molecule has 2 aliphatic rings. The van der Waals surface area contributed by atoms with Crippen molar-refractivity contribution in [2.24, 2.45) is 0 Å². The van der Waals surface area contributed by atoms with E-state index in [4.69, 9.17) is 5.73 Å². The maximum absolute atomic E-state index is 14.2. The maximum Gasteiger partial charge on any atom is 0.131 e. The van der Waals surface area contributed by atoms with E-state index in [0.29, 0.717) is 12.1 Å². The summed E-state index contributed by atoms with van der Waals surface area (Å²) in [4.78, 5) is 2.57. The molecule has 1 atom stereocenters. The summed E-state index contributed by atoms with van der Waals surface area (Å²) in [5.74, 6) is -0.111. The van der Waals surface area contributed by atoms with Crippen LogP contribution >= 0.6 is 0 Å². The minimum absolute atomic E-state index is 0.111. The van der Waals surface area contributed by atoms with Gasteiger partial charge in [-0.2, -0.15) is 0 Å². The van der Waals surface area contributed by atoms with Crippen molar-refractivity contribution in [3.05, 3.63) is 71.5 Å². The van der Waals surface area contributed by atoms with E-state index in [1.54, 1.807) is 6.07 Å². The molecule has 3 aromatic rings. The number of para-hydroxylation sites is 2. The molecule has 3 nitrogen and oxygen atoms in total. The summed E-state index contributed by atoms with van der Waals surface area (Å²) in [7, 11) is 0. The van der Waals surface area contributed by atoms with Gasteiger partial charge < -0.3 is 11.1 Å². The minimum atomic E-state index is -0.111. The van der Waals surface area contributed by atoms with E-state index in [-0.39, 0.29) is 5.82 Å². The number of nitrogens with two attached hydrogens (primary N) is 1. The second kappa shape index (κ2) is 6.54. The fraction of sp³-hybridized carbons (Fsp3) is 0.304. The van der Waals surface area contributed by atoms with Crippen LogP contribution in [0, 0.1) is 5.82 Å². The molecule has 0 bridgehead atoms. The molecule has 0 saturated carbocycles. The second-order valence-electron chi connectivity index (χ2n) is 7.74. The topological polar surface area (TPSA) is 41.3 Å². The Morgan fingerprint density at radius 3 is 2.59 bits per heavy atom. The van der Waals surface area contributed by atoms with E-state index in [2.05, 4.69) is 16.3 Å². The molecular formula is C23H24FN3. The van der Waals surface area contributed by atoms with Gasteiger partial charge in [0.15, 0.2) is 0 Å². The standard InChI is InChI=1S/C23H24FN3/c24-19-9-8-15-14-22(18-5-3-4-17(19)23(15)18)27-12-10-16(11-13-27)26-21-7-2-1-6-20(21)25/h1-9,16,22,26H,10-14,25H2. The van der Waals surface area contributed by atoms with Crippen LogP contribution in [0.5, 0.6) is 0 Å². The average molecular weight is 361 g/mol. The van der Waals surface area contributed by atoms with Crippen molar-refractivity contribution in [3.63, 3.8) is 0 Å². The van der Waals surface area contributed by atoms with Crippen LogP contribution in [-0.4, -0.2) is 24.0 Å². The lowest BCUT2D eigenvalue weighted by Gasteiger charge is -2.37. The van der Waals surface area contributed by atoms with Crippen molar-refractivity contribution in [1.29, 1.82) is 0 Å². The Bertz CT molecular complexity index is 992. The first kappa shape index (κ1) is 16.6. The number of piperidine rings is 1. The number of nitrogens with zero attached hydrogens (tertiary/aromatic N) is 1. The molecule has 3 N–H and O–H groups in total. The van der Waals surface area contributed by atoms with Gasteiger partial charge >= 0.3 is 0 Å². The zero-order chi connectivity index (χ0) is 18.4. The van der Waals surface area contributed by atoms with Gasteiger partial charge in [-0.25, -0.2) is 4.39 Å². The molecule has 0 amide bonds. The second-order valence-corrected chi connectivity index (χ2v) is 7.74. The van der Waals surface area contributed by atoms with Gasteiger partial charge in [-0.05, 0) is 54.0 Å². The molecule has 3 aromatic carbocycles. The monoisotopic (exact) mass is 361 g/mol. The summed E-state index contributed by atoms with van der Waals surface area (Å²) in [5.41, 5.74) is 10.5. The number of anilines is 2. The van der Waals surface area contributed by atoms with Crippen molar-refractivity contribution in [2.45, 2.75) is 31.3 Å². The molecule has 1 unspecified atom stereocenters. The molecule has 5 rings (SSSR count). The van der Waals surface area contributed by atoms with Crippen molar-refractivity contribution < 1.29 is 4.39 Å². The summed E-state index contributed by atoms with van der Waals surface area (Å²) >= 11 is 0. The van der Waals surface area contributed by atoms with Crippen molar-refractivity contribution in [1.82, 2.24) is 4.90 Å². The van der Waals surface area contributed by atoms with Crippen LogP contribution in [0.25, 0.3) is 10.8 Å². The lowest BCUT2D eigenvalue weighted by Crippen LogP contribution is -2.41. The Morgan fingerprint density at radius 1 is 0.963 bits per heavy atom. The lowest BCUT2D eigenvalue weighted by molar-refractivity contribution is 0.160. The highest BCUT2D eigenvalue weighted by Gasteiger charge is 2.32. The van der Waals surface area contributed by atoms with Gasteiger partial charge in [0.05, 0.1) is 11.4 Å². The Kier molecular flexibility index (Phi) is 4.01. The van der Waals surface area contributed by atoms with Crippen LogP contribution in [0.15, 0.2) is 54.6 Å². The van der Waals surface area contributed by atoms with Crippen LogP contribution in [0.1, 0.15) is 30.0 Å². The molecule has 27 heavy (non-hydrogen) atoms. The highest BCUT2D eigenvalue weighted by molar-refractivity contribution is 5.91. The predicted octanol–water partition coefficient (Wildman–Crippen LogP) is 4.73. The number of hydrogen-bond donors (Lipinski definition) is 2. The summed E-state index contributed by atoms with van der Waals surface area (Å²) < 4.78 is 14.2. The average Bonchev–Trinajstić information content (AvgIpc) is 3.07. The summed E-state index contributed by atoms with van der Waals surface area (Å²) in [5, 5.41) is 5.51. The Hall–Kier alpha value is -2.59. The van der Waals surface area contributed by atoms with Crippen LogP contribution in [-0.2, 0) is 6.42 Å². The van der Waals surface area contributed by atoms with Crippen molar-refractivity contribution in [2.75, 3.05) is 24.1 Å². The van der Waals surface area contributed by atoms with Crippen molar-refractivity contribution in [3.8, 4) is 0 Å². The van der Waals surface area contributed by atoms with Crippen LogP contribution < -0.4 is 11.1 Å². The first-order valence-corrected chi connectivity index (χ1v) is 9.76. The molecule has 138 valence electrons. The van der Waals surface area contributed by atoms with E-state index < -0.39 is 0 Å².